The largest absolute Gasteiger partial charge is 0.508 e. The van der Waals surface area contributed by atoms with Crippen molar-refractivity contribution in [2.75, 3.05) is 5.32 Å². The lowest BCUT2D eigenvalue weighted by Gasteiger charge is -2.19. The SMILES string of the molecule is CC(C)(C)n1nc(-c2cccc(NC(=O)/C(C#N)=C/c3ccc(O)cc3)c2)c2c(=O)[nH]cnc21. The molecule has 0 spiro atoms. The van der Waals surface area contributed by atoms with Crippen LogP contribution in [0, 0.1) is 11.3 Å². The molecule has 0 atom stereocenters. The van der Waals surface area contributed by atoms with Crippen LogP contribution in [0.25, 0.3) is 28.4 Å². The number of fused-ring (bicyclic) bond motifs is 1. The second kappa shape index (κ2) is 8.67. The molecule has 1 amide bonds. The summed E-state index contributed by atoms with van der Waals surface area (Å²) in [4.78, 5) is 32.3. The molecular formula is C25H22N6O3. The van der Waals surface area contributed by atoms with Gasteiger partial charge in [-0.15, -0.1) is 0 Å². The average molecular weight is 454 g/mol. The first-order chi connectivity index (χ1) is 16.2. The number of carbonyl (C=O) groups is 1. The fraction of sp³-hybridized carbons (Fsp3) is 0.160. The van der Waals surface area contributed by atoms with Crippen molar-refractivity contribution in [2.45, 2.75) is 26.3 Å². The Bertz CT molecular complexity index is 1520. The van der Waals surface area contributed by atoms with Crippen molar-refractivity contribution in [2.24, 2.45) is 0 Å². The van der Waals surface area contributed by atoms with Gasteiger partial charge < -0.3 is 15.4 Å². The first-order valence-electron chi connectivity index (χ1n) is 10.5. The number of phenolic OH excluding ortho intramolecular Hbond substituents is 1. The molecular weight excluding hydrogens is 432 g/mol. The zero-order valence-corrected chi connectivity index (χ0v) is 18.8. The molecule has 2 aromatic carbocycles. The van der Waals surface area contributed by atoms with Gasteiger partial charge in [-0.3, -0.25) is 9.59 Å². The molecule has 2 heterocycles. The first-order valence-corrected chi connectivity index (χ1v) is 10.5. The smallest absolute Gasteiger partial charge is 0.266 e. The van der Waals surface area contributed by atoms with E-state index in [0.717, 1.165) is 0 Å². The minimum absolute atomic E-state index is 0.0902. The lowest BCUT2D eigenvalue weighted by atomic mass is 10.1. The number of hydrogen-bond donors (Lipinski definition) is 3. The highest BCUT2D eigenvalue weighted by Gasteiger charge is 2.24. The Morgan fingerprint density at radius 3 is 2.62 bits per heavy atom. The number of carbonyl (C=O) groups excluding carboxylic acids is 1. The first kappa shape index (κ1) is 22.5. The molecule has 0 unspecified atom stereocenters. The second-order valence-electron chi connectivity index (χ2n) is 8.66. The Balaban J connectivity index is 1.70. The number of anilines is 1. The van der Waals surface area contributed by atoms with E-state index in [4.69, 9.17) is 0 Å². The van der Waals surface area contributed by atoms with E-state index in [1.54, 1.807) is 41.1 Å². The van der Waals surface area contributed by atoms with E-state index >= 15 is 0 Å². The third-order valence-corrected chi connectivity index (χ3v) is 5.07. The molecule has 4 rings (SSSR count). The predicted octanol–water partition coefficient (Wildman–Crippen LogP) is 3.79. The van der Waals surface area contributed by atoms with Crippen LogP contribution in [0.5, 0.6) is 5.75 Å². The molecule has 9 heteroatoms. The highest BCUT2D eigenvalue weighted by Crippen LogP contribution is 2.29. The summed E-state index contributed by atoms with van der Waals surface area (Å²) >= 11 is 0. The van der Waals surface area contributed by atoms with Gasteiger partial charge in [0, 0.05) is 11.3 Å². The monoisotopic (exact) mass is 454 g/mol. The number of nitrogens with zero attached hydrogens (tertiary/aromatic N) is 4. The molecule has 0 aliphatic heterocycles. The number of nitrogens with one attached hydrogen (secondary N) is 2. The molecule has 170 valence electrons. The van der Waals surface area contributed by atoms with Crippen LogP contribution in [0.15, 0.2) is 65.2 Å². The molecule has 0 aliphatic carbocycles. The fourth-order valence-electron chi connectivity index (χ4n) is 3.46. The molecule has 0 radical (unpaired) electrons. The van der Waals surface area contributed by atoms with E-state index in [2.05, 4.69) is 20.4 Å². The quantitative estimate of drug-likeness (QED) is 0.317. The fourth-order valence-corrected chi connectivity index (χ4v) is 3.46. The van der Waals surface area contributed by atoms with Gasteiger partial charge in [0.25, 0.3) is 11.5 Å². The maximum Gasteiger partial charge on any atom is 0.266 e. The predicted molar refractivity (Wildman–Crippen MR) is 129 cm³/mol. The van der Waals surface area contributed by atoms with Crippen molar-refractivity contribution in [3.05, 3.63) is 76.3 Å². The molecule has 3 N–H and O–H groups in total. The van der Waals surface area contributed by atoms with Crippen molar-refractivity contribution in [3.63, 3.8) is 0 Å². The van der Waals surface area contributed by atoms with Crippen molar-refractivity contribution in [1.82, 2.24) is 19.7 Å². The van der Waals surface area contributed by atoms with Gasteiger partial charge >= 0.3 is 0 Å². The molecule has 0 saturated heterocycles. The minimum atomic E-state index is -0.586. The zero-order chi connectivity index (χ0) is 24.5. The van der Waals surface area contributed by atoms with Gasteiger partial charge in [-0.1, -0.05) is 24.3 Å². The number of hydrogen-bond acceptors (Lipinski definition) is 6. The van der Waals surface area contributed by atoms with Crippen molar-refractivity contribution >= 4 is 28.7 Å². The summed E-state index contributed by atoms with van der Waals surface area (Å²) in [5.74, 6) is -0.496. The topological polar surface area (TPSA) is 137 Å². The number of phenols is 1. The van der Waals surface area contributed by atoms with Gasteiger partial charge in [0.15, 0.2) is 5.65 Å². The normalized spacial score (nSPS) is 11.9. The number of aromatic hydroxyl groups is 1. The summed E-state index contributed by atoms with van der Waals surface area (Å²) in [6.07, 6.45) is 2.78. The number of aromatic amines is 1. The molecule has 0 saturated carbocycles. The van der Waals surface area contributed by atoms with Gasteiger partial charge in [-0.25, -0.2) is 9.67 Å². The van der Waals surface area contributed by atoms with Crippen LogP contribution in [-0.4, -0.2) is 30.8 Å². The lowest BCUT2D eigenvalue weighted by Crippen LogP contribution is -2.23. The highest BCUT2D eigenvalue weighted by molar-refractivity contribution is 6.10. The molecule has 4 aromatic rings. The van der Waals surface area contributed by atoms with Gasteiger partial charge in [-0.05, 0) is 56.7 Å². The van der Waals surface area contributed by atoms with Crippen LogP contribution in [0.4, 0.5) is 5.69 Å². The number of rotatable bonds is 4. The second-order valence-corrected chi connectivity index (χ2v) is 8.66. The van der Waals surface area contributed by atoms with Crippen LogP contribution >= 0.6 is 0 Å². The Morgan fingerprint density at radius 2 is 1.94 bits per heavy atom. The number of benzene rings is 2. The van der Waals surface area contributed by atoms with Crippen molar-refractivity contribution < 1.29 is 9.90 Å². The Labute approximate surface area is 195 Å². The number of amides is 1. The van der Waals surface area contributed by atoms with Crippen molar-refractivity contribution in [3.8, 4) is 23.1 Å². The van der Waals surface area contributed by atoms with Crippen LogP contribution in [-0.2, 0) is 10.3 Å². The maximum absolute atomic E-state index is 12.7. The summed E-state index contributed by atoms with van der Waals surface area (Å²) in [7, 11) is 0. The Morgan fingerprint density at radius 1 is 1.21 bits per heavy atom. The number of nitriles is 1. The standard InChI is InChI=1S/C25H22N6O3/c1-25(2,3)31-22-20(24(34)28-14-27-22)21(30-31)16-5-4-6-18(12-16)29-23(33)17(13-26)11-15-7-9-19(32)10-8-15/h4-12,14,32H,1-3H3,(H,29,33)(H,27,28,34)/b17-11+. The summed E-state index contributed by atoms with van der Waals surface area (Å²) < 4.78 is 1.70. The van der Waals surface area contributed by atoms with Crippen LogP contribution in [0.3, 0.4) is 0 Å². The van der Waals surface area contributed by atoms with Gasteiger partial charge in [0.05, 0.1) is 11.9 Å². The molecule has 0 aliphatic rings. The van der Waals surface area contributed by atoms with Gasteiger partial charge in [0.1, 0.15) is 28.5 Å². The summed E-state index contributed by atoms with van der Waals surface area (Å²) in [5.41, 5.74) is 1.74. The van der Waals surface area contributed by atoms with Gasteiger partial charge in [-0.2, -0.15) is 10.4 Å². The van der Waals surface area contributed by atoms with Crippen LogP contribution in [0.1, 0.15) is 26.3 Å². The summed E-state index contributed by atoms with van der Waals surface area (Å²) in [6.45, 7) is 5.89. The van der Waals surface area contributed by atoms with Crippen LogP contribution < -0.4 is 10.9 Å². The van der Waals surface area contributed by atoms with E-state index in [1.165, 1.54) is 24.5 Å². The van der Waals surface area contributed by atoms with E-state index in [9.17, 15) is 20.0 Å². The van der Waals surface area contributed by atoms with Crippen LogP contribution in [0.2, 0.25) is 0 Å². The maximum atomic E-state index is 12.7. The number of aromatic nitrogens is 4. The highest BCUT2D eigenvalue weighted by atomic mass is 16.3. The average Bonchev–Trinajstić information content (AvgIpc) is 3.20. The van der Waals surface area contributed by atoms with Gasteiger partial charge in [0.2, 0.25) is 0 Å². The molecule has 2 aromatic heterocycles. The summed E-state index contributed by atoms with van der Waals surface area (Å²) in [5, 5.41) is 26.6. The van der Waals surface area contributed by atoms with E-state index in [0.29, 0.717) is 33.5 Å². The van der Waals surface area contributed by atoms with E-state index in [-0.39, 0.29) is 16.9 Å². The molecule has 0 bridgehead atoms. The summed E-state index contributed by atoms with van der Waals surface area (Å²) in [6, 6.07) is 14.9. The minimum Gasteiger partial charge on any atom is -0.508 e. The lowest BCUT2D eigenvalue weighted by molar-refractivity contribution is -0.112. The Kier molecular flexibility index (Phi) is 5.73. The molecule has 34 heavy (non-hydrogen) atoms. The molecule has 9 nitrogen and oxygen atoms in total. The third-order valence-electron chi connectivity index (χ3n) is 5.07. The van der Waals surface area contributed by atoms with E-state index < -0.39 is 11.4 Å². The van der Waals surface area contributed by atoms with E-state index in [1.807, 2.05) is 26.8 Å². The molecule has 0 fully saturated rings. The Hall–Kier alpha value is -4.71. The number of H-pyrrole nitrogens is 1. The zero-order valence-electron chi connectivity index (χ0n) is 18.8. The van der Waals surface area contributed by atoms with Crippen molar-refractivity contribution in [1.29, 1.82) is 5.26 Å². The third kappa shape index (κ3) is 4.42.